The van der Waals surface area contributed by atoms with E-state index in [4.69, 9.17) is 14.2 Å². The van der Waals surface area contributed by atoms with Crippen LogP contribution in [0.5, 0.6) is 0 Å². The second-order valence-corrected chi connectivity index (χ2v) is 11.6. The number of amides is 2. The predicted octanol–water partition coefficient (Wildman–Crippen LogP) is 5.43. The van der Waals surface area contributed by atoms with Gasteiger partial charge in [0.05, 0.1) is 48.5 Å². The first-order chi connectivity index (χ1) is 20.3. The van der Waals surface area contributed by atoms with Gasteiger partial charge in [0.1, 0.15) is 5.60 Å². The lowest BCUT2D eigenvalue weighted by atomic mass is 9.90. The Morgan fingerprint density at radius 3 is 2.05 bits per heavy atom. The molecule has 3 aromatic rings. The van der Waals surface area contributed by atoms with Crippen LogP contribution in [0.25, 0.3) is 5.69 Å². The number of esters is 2. The van der Waals surface area contributed by atoms with Gasteiger partial charge in [-0.15, -0.1) is 0 Å². The van der Waals surface area contributed by atoms with Crippen LogP contribution < -0.4 is 5.32 Å². The van der Waals surface area contributed by atoms with Crippen molar-refractivity contribution >= 4 is 29.6 Å². The average molecular weight is 591 g/mol. The zero-order valence-corrected chi connectivity index (χ0v) is 25.6. The minimum absolute atomic E-state index is 0.0846. The van der Waals surface area contributed by atoms with Crippen LogP contribution in [0, 0.1) is 13.8 Å². The Morgan fingerprint density at radius 1 is 0.907 bits per heavy atom. The smallest absolute Gasteiger partial charge is 0.410 e. The number of hydrogen-bond donors (Lipinski definition) is 1. The van der Waals surface area contributed by atoms with Gasteiger partial charge < -0.3 is 24.4 Å². The summed E-state index contributed by atoms with van der Waals surface area (Å²) in [7, 11) is 2.46. The summed E-state index contributed by atoms with van der Waals surface area (Å²) < 4.78 is 17.0. The highest BCUT2D eigenvalue weighted by atomic mass is 16.6. The molecule has 11 heteroatoms. The van der Waals surface area contributed by atoms with Gasteiger partial charge in [0.15, 0.2) is 0 Å². The van der Waals surface area contributed by atoms with Gasteiger partial charge in [-0.1, -0.05) is 17.7 Å². The van der Waals surface area contributed by atoms with Crippen molar-refractivity contribution in [1.82, 2.24) is 14.7 Å². The normalized spacial score (nSPS) is 13.8. The van der Waals surface area contributed by atoms with E-state index < -0.39 is 23.4 Å². The van der Waals surface area contributed by atoms with Gasteiger partial charge >= 0.3 is 18.0 Å². The molecule has 1 aliphatic heterocycles. The summed E-state index contributed by atoms with van der Waals surface area (Å²) in [5, 5.41) is 7.46. The summed E-state index contributed by atoms with van der Waals surface area (Å²) in [6.07, 6.45) is 2.36. The number of methoxy groups -OCH3 is 2. The van der Waals surface area contributed by atoms with Gasteiger partial charge in [-0.3, -0.25) is 4.79 Å². The first kappa shape index (κ1) is 31.3. The van der Waals surface area contributed by atoms with E-state index in [0.29, 0.717) is 37.2 Å². The Hall–Kier alpha value is -4.67. The second kappa shape index (κ2) is 12.7. The molecule has 1 N–H and O–H groups in total. The number of nitrogens with zero attached hydrogens (tertiary/aromatic N) is 3. The van der Waals surface area contributed by atoms with Crippen molar-refractivity contribution in [3.63, 3.8) is 0 Å². The molecule has 0 atom stereocenters. The Kier molecular flexibility index (Phi) is 9.22. The molecule has 228 valence electrons. The number of hydrogen-bond acceptors (Lipinski definition) is 8. The van der Waals surface area contributed by atoms with E-state index in [0.717, 1.165) is 16.8 Å². The molecule has 0 radical (unpaired) electrons. The molecule has 1 aromatic heterocycles. The van der Waals surface area contributed by atoms with E-state index in [1.807, 2.05) is 46.8 Å². The number of likely N-dealkylation sites (tertiary alicyclic amines) is 1. The Morgan fingerprint density at radius 2 is 1.51 bits per heavy atom. The maximum absolute atomic E-state index is 13.8. The largest absolute Gasteiger partial charge is 0.465 e. The van der Waals surface area contributed by atoms with Crippen LogP contribution in [-0.4, -0.2) is 71.5 Å². The molecule has 2 aromatic carbocycles. The number of carbonyl (C=O) groups excluding carboxylic acids is 4. The molecule has 0 unspecified atom stereocenters. The maximum atomic E-state index is 13.8. The van der Waals surface area contributed by atoms with Crippen LogP contribution >= 0.6 is 0 Å². The summed E-state index contributed by atoms with van der Waals surface area (Å²) >= 11 is 0. The highest BCUT2D eigenvalue weighted by molar-refractivity contribution is 6.06. The number of benzene rings is 2. The van der Waals surface area contributed by atoms with Crippen molar-refractivity contribution in [2.24, 2.45) is 0 Å². The van der Waals surface area contributed by atoms with Crippen LogP contribution in [0.15, 0.2) is 42.6 Å². The van der Waals surface area contributed by atoms with Gasteiger partial charge in [-0.25, -0.2) is 19.1 Å². The van der Waals surface area contributed by atoms with Gasteiger partial charge in [0.25, 0.3) is 5.91 Å². The van der Waals surface area contributed by atoms with Gasteiger partial charge in [-0.2, -0.15) is 5.10 Å². The maximum Gasteiger partial charge on any atom is 0.410 e. The van der Waals surface area contributed by atoms with Gasteiger partial charge in [-0.05, 0) is 77.3 Å². The molecule has 43 heavy (non-hydrogen) atoms. The van der Waals surface area contributed by atoms with Crippen molar-refractivity contribution in [3.8, 4) is 5.69 Å². The first-order valence-corrected chi connectivity index (χ1v) is 14.1. The molecule has 1 fully saturated rings. The monoisotopic (exact) mass is 590 g/mol. The lowest BCUT2D eigenvalue weighted by Gasteiger charge is -2.34. The Labute approximate surface area is 251 Å². The van der Waals surface area contributed by atoms with Crippen LogP contribution in [0.4, 0.5) is 10.5 Å². The molecule has 1 saturated heterocycles. The fraction of sp³-hybridized carbons (Fsp3) is 0.406. The fourth-order valence-corrected chi connectivity index (χ4v) is 5.19. The van der Waals surface area contributed by atoms with E-state index in [9.17, 15) is 19.2 Å². The van der Waals surface area contributed by atoms with Crippen molar-refractivity contribution in [2.45, 2.75) is 59.0 Å². The molecule has 2 amide bonds. The predicted molar refractivity (Wildman–Crippen MR) is 160 cm³/mol. The molecule has 0 aliphatic carbocycles. The zero-order valence-electron chi connectivity index (χ0n) is 25.6. The third-order valence-electron chi connectivity index (χ3n) is 7.20. The van der Waals surface area contributed by atoms with Crippen LogP contribution in [0.3, 0.4) is 0 Å². The highest BCUT2D eigenvalue weighted by Crippen LogP contribution is 2.34. The number of carbonyl (C=O) groups is 4. The molecule has 0 spiro atoms. The SMILES string of the molecule is COC(=O)c1cc(NC(=O)c2cnn(-c3ccc(C)cc3C)c2C2CCN(C(=O)OC(C)(C)C)CC2)cc(C(=O)OC)c1. The summed E-state index contributed by atoms with van der Waals surface area (Å²) in [5.74, 6) is -1.88. The molecular weight excluding hydrogens is 552 g/mol. The number of aryl methyl sites for hydroxylation is 2. The van der Waals surface area contributed by atoms with Gasteiger partial charge in [0, 0.05) is 24.7 Å². The van der Waals surface area contributed by atoms with Crippen LogP contribution in [-0.2, 0) is 14.2 Å². The highest BCUT2D eigenvalue weighted by Gasteiger charge is 2.32. The first-order valence-electron chi connectivity index (χ1n) is 14.1. The molecule has 2 heterocycles. The molecular formula is C32H38N4O7. The number of piperidine rings is 1. The number of anilines is 1. The Balaban J connectivity index is 1.70. The van der Waals surface area contributed by atoms with E-state index in [-0.39, 0.29) is 28.8 Å². The number of nitrogens with one attached hydrogen (secondary N) is 1. The number of rotatable bonds is 6. The van der Waals surface area contributed by atoms with E-state index in [1.165, 1.54) is 38.6 Å². The summed E-state index contributed by atoms with van der Waals surface area (Å²) in [6.45, 7) is 10.4. The molecule has 11 nitrogen and oxygen atoms in total. The number of aromatic nitrogens is 2. The van der Waals surface area contributed by atoms with Crippen molar-refractivity contribution in [1.29, 1.82) is 0 Å². The van der Waals surface area contributed by atoms with E-state index in [1.54, 1.807) is 9.58 Å². The lowest BCUT2D eigenvalue weighted by Crippen LogP contribution is -2.41. The van der Waals surface area contributed by atoms with Crippen molar-refractivity contribution in [3.05, 3.63) is 76.1 Å². The van der Waals surface area contributed by atoms with Crippen LogP contribution in [0.1, 0.15) is 87.4 Å². The van der Waals surface area contributed by atoms with Crippen molar-refractivity contribution in [2.75, 3.05) is 32.6 Å². The standard InChI is InChI=1S/C32H38N4O7/c1-19-8-9-26(20(2)14-19)36-27(21-10-12-35(13-11-21)31(40)43-32(3,4)5)25(18-33-36)28(37)34-24-16-22(29(38)41-6)15-23(17-24)30(39)42-7/h8-9,14-18,21H,10-13H2,1-7H3,(H,34,37). The lowest BCUT2D eigenvalue weighted by molar-refractivity contribution is 0.0202. The summed E-state index contributed by atoms with van der Waals surface area (Å²) in [4.78, 5) is 52.7. The van der Waals surface area contributed by atoms with Crippen LogP contribution in [0.2, 0.25) is 0 Å². The molecule has 0 saturated carbocycles. The fourth-order valence-electron chi connectivity index (χ4n) is 5.19. The van der Waals surface area contributed by atoms with E-state index in [2.05, 4.69) is 16.5 Å². The molecule has 4 rings (SSSR count). The summed E-state index contributed by atoms with van der Waals surface area (Å²) in [5.41, 5.74) is 3.79. The van der Waals surface area contributed by atoms with Gasteiger partial charge in [0.2, 0.25) is 0 Å². The quantitative estimate of drug-likeness (QED) is 0.297. The minimum Gasteiger partial charge on any atom is -0.465 e. The van der Waals surface area contributed by atoms with Crippen molar-refractivity contribution < 1.29 is 33.4 Å². The third-order valence-corrected chi connectivity index (χ3v) is 7.20. The summed E-state index contributed by atoms with van der Waals surface area (Å²) in [6, 6.07) is 10.2. The minimum atomic E-state index is -0.665. The van der Waals surface area contributed by atoms with E-state index >= 15 is 0 Å². The molecule has 0 bridgehead atoms. The Bertz CT molecular complexity index is 1510. The zero-order chi connectivity index (χ0) is 31.5. The third kappa shape index (κ3) is 7.22. The average Bonchev–Trinajstić information content (AvgIpc) is 3.40. The second-order valence-electron chi connectivity index (χ2n) is 11.6. The topological polar surface area (TPSA) is 129 Å². The molecule has 1 aliphatic rings. The number of ether oxygens (including phenoxy) is 3.